The Morgan fingerprint density at radius 3 is 1.73 bits per heavy atom. The van der Waals surface area contributed by atoms with Crippen LogP contribution in [0, 0.1) is 0 Å². The number of rotatable bonds is 14. The molecule has 6 aromatic rings. The molecule has 3 aromatic carbocycles. The van der Waals surface area contributed by atoms with E-state index in [2.05, 4.69) is 87.3 Å². The van der Waals surface area contributed by atoms with Crippen molar-refractivity contribution in [2.75, 3.05) is 33.2 Å². The highest BCUT2D eigenvalue weighted by molar-refractivity contribution is 5.86. The van der Waals surface area contributed by atoms with Crippen LogP contribution >= 0.6 is 0 Å². The van der Waals surface area contributed by atoms with Crippen molar-refractivity contribution < 1.29 is 19.5 Å². The third kappa shape index (κ3) is 8.19. The quantitative estimate of drug-likeness (QED) is 0.103. The summed E-state index contributed by atoms with van der Waals surface area (Å²) >= 11 is 0. The van der Waals surface area contributed by atoms with E-state index in [0.29, 0.717) is 18.9 Å². The number of likely N-dealkylation sites (tertiary alicyclic amines) is 2. The third-order valence-electron chi connectivity index (χ3n) is 12.1. The fourth-order valence-electron chi connectivity index (χ4n) is 8.79. The maximum absolute atomic E-state index is 14.2. The van der Waals surface area contributed by atoms with Crippen LogP contribution in [0.15, 0.2) is 110 Å². The van der Waals surface area contributed by atoms with Crippen LogP contribution in [0.25, 0.3) is 33.6 Å². The van der Waals surface area contributed by atoms with Gasteiger partial charge in [0.2, 0.25) is 11.8 Å². The summed E-state index contributed by atoms with van der Waals surface area (Å²) in [5.41, 5.74) is 6.88. The first kappa shape index (κ1) is 40.2. The monoisotopic (exact) mass is 808 g/mol. The Morgan fingerprint density at radius 1 is 0.733 bits per heavy atom. The molecule has 5 heterocycles. The molecule has 0 aliphatic carbocycles. The van der Waals surface area contributed by atoms with Gasteiger partial charge in [-0.3, -0.25) is 24.1 Å². The summed E-state index contributed by atoms with van der Waals surface area (Å²) in [5, 5.41) is 13.9. The maximum atomic E-state index is 14.2. The zero-order chi connectivity index (χ0) is 41.8. The van der Waals surface area contributed by atoms with Gasteiger partial charge in [-0.25, -0.2) is 14.8 Å². The van der Waals surface area contributed by atoms with E-state index in [4.69, 9.17) is 4.98 Å². The Labute approximate surface area is 349 Å². The van der Waals surface area contributed by atoms with Gasteiger partial charge < -0.3 is 24.9 Å². The average Bonchev–Trinajstić information content (AvgIpc) is 4.14. The molecule has 0 radical (unpaired) electrons. The van der Waals surface area contributed by atoms with Gasteiger partial charge in [0.15, 0.2) is 0 Å². The molecule has 310 valence electrons. The van der Waals surface area contributed by atoms with Crippen LogP contribution in [0.3, 0.4) is 0 Å². The lowest BCUT2D eigenvalue weighted by Gasteiger charge is -2.34. The van der Waals surface area contributed by atoms with E-state index in [-0.39, 0.29) is 36.5 Å². The summed E-state index contributed by atoms with van der Waals surface area (Å²) in [6.45, 7) is 7.13. The highest BCUT2D eigenvalue weighted by Gasteiger charge is 2.40. The van der Waals surface area contributed by atoms with E-state index < -0.39 is 12.1 Å². The molecule has 0 saturated carbocycles. The van der Waals surface area contributed by atoms with E-state index in [1.165, 1.54) is 7.05 Å². The largest absolute Gasteiger partial charge is 0.465 e. The fraction of sp³-hybridized carbons (Fsp3) is 0.348. The molecule has 2 saturated heterocycles. The standard InChI is InChI=1S/C46H52N10O4/c1-4-53(5-2)41(35-12-7-6-8-13-35)45(58)56-27-10-15-39(56)43-48-29-37(51-43)34-22-18-32(19-23-34)31-16-20-33(21-17-31)36-28-47-42(50-36)38-14-9-26-55(38)44(57)40(52(3)46(59)60)30-54-25-11-24-49-54/h6-8,11-13,16-25,28-29,38-41H,4-5,9-10,14-15,26-27,30H2,1-3H3,(H,47,50)(H,48,51)(H,59,60)/t38-,39-,40-,41+/m0/s1. The van der Waals surface area contributed by atoms with Crippen LogP contribution < -0.4 is 0 Å². The van der Waals surface area contributed by atoms with Crippen LogP contribution in [-0.2, 0) is 16.1 Å². The topological polar surface area (TPSA) is 160 Å². The molecule has 14 heteroatoms. The second-order valence-corrected chi connectivity index (χ2v) is 15.6. The maximum Gasteiger partial charge on any atom is 0.407 e. The molecule has 8 rings (SSSR count). The number of amides is 3. The van der Waals surface area contributed by atoms with Gasteiger partial charge in [-0.05, 0) is 72.7 Å². The van der Waals surface area contributed by atoms with Gasteiger partial charge in [0.1, 0.15) is 23.7 Å². The number of hydrogen-bond acceptors (Lipinski definition) is 7. The molecule has 0 spiro atoms. The zero-order valence-electron chi connectivity index (χ0n) is 34.3. The van der Waals surface area contributed by atoms with Gasteiger partial charge in [0.25, 0.3) is 0 Å². The number of hydrogen-bond donors (Lipinski definition) is 3. The molecule has 4 atom stereocenters. The number of H-pyrrole nitrogens is 2. The van der Waals surface area contributed by atoms with Gasteiger partial charge in [0, 0.05) is 32.5 Å². The number of nitrogens with zero attached hydrogens (tertiary/aromatic N) is 8. The summed E-state index contributed by atoms with van der Waals surface area (Å²) in [6, 6.07) is 26.9. The van der Waals surface area contributed by atoms with Gasteiger partial charge in [-0.15, -0.1) is 0 Å². The Kier molecular flexibility index (Phi) is 11.9. The Hall–Kier alpha value is -6.54. The summed E-state index contributed by atoms with van der Waals surface area (Å²) in [5.74, 6) is 1.35. The van der Waals surface area contributed by atoms with Crippen LogP contribution in [0.4, 0.5) is 4.79 Å². The smallest absolute Gasteiger partial charge is 0.407 e. The zero-order valence-corrected chi connectivity index (χ0v) is 34.3. The van der Waals surface area contributed by atoms with Crippen LogP contribution in [-0.4, -0.2) is 112 Å². The van der Waals surface area contributed by atoms with Crippen molar-refractivity contribution in [3.63, 3.8) is 0 Å². The van der Waals surface area contributed by atoms with Crippen LogP contribution in [0.1, 0.15) is 74.9 Å². The molecule has 2 aliphatic rings. The van der Waals surface area contributed by atoms with Crippen molar-refractivity contribution in [3.05, 3.63) is 127 Å². The first-order valence-electron chi connectivity index (χ1n) is 20.9. The average molecular weight is 809 g/mol. The van der Waals surface area contributed by atoms with Gasteiger partial charge in [0.05, 0.1) is 42.4 Å². The van der Waals surface area contributed by atoms with E-state index in [0.717, 1.165) is 88.7 Å². The summed E-state index contributed by atoms with van der Waals surface area (Å²) in [6.07, 6.45) is 9.13. The minimum absolute atomic E-state index is 0.104. The molecule has 0 bridgehead atoms. The molecule has 60 heavy (non-hydrogen) atoms. The van der Waals surface area contributed by atoms with E-state index in [9.17, 15) is 19.5 Å². The first-order valence-corrected chi connectivity index (χ1v) is 20.9. The van der Waals surface area contributed by atoms with Crippen molar-refractivity contribution in [2.45, 2.75) is 70.2 Å². The fourth-order valence-corrected chi connectivity index (χ4v) is 8.79. The van der Waals surface area contributed by atoms with Crippen molar-refractivity contribution >= 4 is 17.9 Å². The van der Waals surface area contributed by atoms with Crippen molar-refractivity contribution in [2.24, 2.45) is 0 Å². The molecule has 14 nitrogen and oxygen atoms in total. The molecule has 3 amide bonds. The number of aromatic nitrogens is 6. The highest BCUT2D eigenvalue weighted by atomic mass is 16.4. The summed E-state index contributed by atoms with van der Waals surface area (Å²) < 4.78 is 1.58. The third-order valence-corrected chi connectivity index (χ3v) is 12.1. The predicted octanol–water partition coefficient (Wildman–Crippen LogP) is 7.42. The normalized spacial score (nSPS) is 17.6. The minimum Gasteiger partial charge on any atom is -0.465 e. The van der Waals surface area contributed by atoms with Crippen LogP contribution in [0.2, 0.25) is 0 Å². The molecular weight excluding hydrogens is 757 g/mol. The second-order valence-electron chi connectivity index (χ2n) is 15.6. The molecule has 3 aromatic heterocycles. The molecule has 2 aliphatic heterocycles. The molecular formula is C46H52N10O4. The van der Waals surface area contributed by atoms with E-state index in [1.807, 2.05) is 41.4 Å². The predicted molar refractivity (Wildman–Crippen MR) is 228 cm³/mol. The second kappa shape index (κ2) is 17.8. The van der Waals surface area contributed by atoms with Crippen molar-refractivity contribution in [1.29, 1.82) is 0 Å². The number of aromatic amines is 2. The number of benzene rings is 3. The van der Waals surface area contributed by atoms with Crippen LogP contribution in [0.5, 0.6) is 0 Å². The lowest BCUT2D eigenvalue weighted by atomic mass is 10.0. The Balaban J connectivity index is 0.929. The lowest BCUT2D eigenvalue weighted by molar-refractivity contribution is -0.138. The number of carbonyl (C=O) groups is 3. The minimum atomic E-state index is -1.17. The number of likely N-dealkylation sites (N-methyl/N-ethyl adjacent to an activating group) is 2. The number of nitrogens with one attached hydrogen (secondary N) is 2. The van der Waals surface area contributed by atoms with Gasteiger partial charge >= 0.3 is 6.09 Å². The molecule has 3 N–H and O–H groups in total. The summed E-state index contributed by atoms with van der Waals surface area (Å²) in [4.78, 5) is 63.5. The van der Waals surface area contributed by atoms with Gasteiger partial charge in [-0.1, -0.05) is 92.7 Å². The SMILES string of the molecule is CCN(CC)[C@@H](C(=O)N1CCC[C@H]1c1ncc(-c2ccc(-c3ccc(-c4cnc([C@@H]5CCCN5C(=O)[C@H](Cn5cccn5)N(C)C(=O)O)[nH]4)cc3)cc2)[nH]1)c1ccccc1. The molecule has 2 fully saturated rings. The lowest BCUT2D eigenvalue weighted by Crippen LogP contribution is -2.51. The van der Waals surface area contributed by atoms with E-state index in [1.54, 1.807) is 34.2 Å². The summed E-state index contributed by atoms with van der Waals surface area (Å²) in [7, 11) is 1.42. The number of imidazole rings is 2. The van der Waals surface area contributed by atoms with E-state index >= 15 is 0 Å². The molecule has 0 unspecified atom stereocenters. The number of carboxylic acid groups (broad SMARTS) is 1. The first-order chi connectivity index (χ1) is 29.2. The van der Waals surface area contributed by atoms with Crippen molar-refractivity contribution in [1.82, 2.24) is 49.3 Å². The number of carbonyl (C=O) groups excluding carboxylic acids is 2. The van der Waals surface area contributed by atoms with Crippen molar-refractivity contribution in [3.8, 4) is 33.6 Å². The Morgan fingerprint density at radius 2 is 1.25 bits per heavy atom. The van der Waals surface area contributed by atoms with Gasteiger partial charge in [-0.2, -0.15) is 5.10 Å². The highest BCUT2D eigenvalue weighted by Crippen LogP contribution is 2.37. The Bertz CT molecular complexity index is 2370.